The summed E-state index contributed by atoms with van der Waals surface area (Å²) in [7, 11) is 0. The molecule has 3 heteroatoms. The van der Waals surface area contributed by atoms with Crippen molar-refractivity contribution in [1.29, 1.82) is 0 Å². The van der Waals surface area contributed by atoms with E-state index in [0.29, 0.717) is 6.54 Å². The van der Waals surface area contributed by atoms with Crippen molar-refractivity contribution in [3.05, 3.63) is 35.5 Å². The van der Waals surface area contributed by atoms with Crippen LogP contribution in [-0.4, -0.2) is 9.67 Å². The first-order valence-corrected chi connectivity index (χ1v) is 5.21. The van der Waals surface area contributed by atoms with Crippen LogP contribution in [0.5, 0.6) is 0 Å². The van der Waals surface area contributed by atoms with Gasteiger partial charge in [-0.15, -0.1) is 0 Å². The van der Waals surface area contributed by atoms with Crippen LogP contribution in [0.1, 0.15) is 18.1 Å². The number of aryl methyl sites for hydroxylation is 1. The Labute approximate surface area is 89.1 Å². The smallest absolute Gasteiger partial charge is 0.0702 e. The molecule has 0 saturated heterocycles. The third-order valence-corrected chi connectivity index (χ3v) is 2.78. The molecule has 1 heterocycles. The van der Waals surface area contributed by atoms with E-state index in [4.69, 9.17) is 5.73 Å². The van der Waals surface area contributed by atoms with E-state index in [9.17, 15) is 5.11 Å². The van der Waals surface area contributed by atoms with E-state index in [-0.39, 0.29) is 6.61 Å². The summed E-state index contributed by atoms with van der Waals surface area (Å²) in [5.74, 6) is 0. The number of nitrogens with two attached hydrogens (primary N) is 1. The monoisotopic (exact) mass is 204 g/mol. The van der Waals surface area contributed by atoms with Crippen molar-refractivity contribution in [2.24, 2.45) is 5.73 Å². The fourth-order valence-corrected chi connectivity index (χ4v) is 1.93. The third kappa shape index (κ3) is 1.64. The number of rotatable bonds is 3. The highest BCUT2D eigenvalue weighted by Crippen LogP contribution is 2.22. The minimum atomic E-state index is 0.0888. The summed E-state index contributed by atoms with van der Waals surface area (Å²) in [6.45, 7) is 3.64. The lowest BCUT2D eigenvalue weighted by atomic mass is 10.1. The normalized spacial score (nSPS) is 11.1. The predicted molar refractivity (Wildman–Crippen MR) is 61.4 cm³/mol. The molecule has 0 radical (unpaired) electrons. The van der Waals surface area contributed by atoms with Gasteiger partial charge in [0.15, 0.2) is 0 Å². The minimum absolute atomic E-state index is 0.0888. The highest BCUT2D eigenvalue weighted by Gasteiger charge is 2.06. The second-order valence-corrected chi connectivity index (χ2v) is 3.65. The van der Waals surface area contributed by atoms with Crippen molar-refractivity contribution in [2.75, 3.05) is 0 Å². The lowest BCUT2D eigenvalue weighted by Crippen LogP contribution is -1.97. The van der Waals surface area contributed by atoms with Crippen molar-refractivity contribution in [2.45, 2.75) is 26.6 Å². The quantitative estimate of drug-likeness (QED) is 0.798. The molecule has 3 N–H and O–H groups in total. The zero-order chi connectivity index (χ0) is 10.8. The van der Waals surface area contributed by atoms with E-state index in [1.165, 1.54) is 0 Å². The van der Waals surface area contributed by atoms with Crippen molar-refractivity contribution in [3.8, 4) is 0 Å². The topological polar surface area (TPSA) is 51.2 Å². The third-order valence-electron chi connectivity index (χ3n) is 2.78. The molecule has 0 amide bonds. The Morgan fingerprint density at radius 3 is 2.80 bits per heavy atom. The Kier molecular flexibility index (Phi) is 2.75. The molecule has 1 aromatic carbocycles. The van der Waals surface area contributed by atoms with Crippen LogP contribution in [0.25, 0.3) is 10.9 Å². The first kappa shape index (κ1) is 10.2. The van der Waals surface area contributed by atoms with Gasteiger partial charge < -0.3 is 15.4 Å². The van der Waals surface area contributed by atoms with Gasteiger partial charge in [-0.1, -0.05) is 12.1 Å². The molecule has 0 atom stereocenters. The average Bonchev–Trinajstić information content (AvgIpc) is 2.65. The number of nitrogens with zero attached hydrogens (tertiary/aromatic N) is 1. The molecule has 0 aliphatic heterocycles. The molecule has 15 heavy (non-hydrogen) atoms. The summed E-state index contributed by atoms with van der Waals surface area (Å²) in [5.41, 5.74) is 8.88. The fourth-order valence-electron chi connectivity index (χ4n) is 1.93. The van der Waals surface area contributed by atoms with Gasteiger partial charge in [0.2, 0.25) is 0 Å². The highest BCUT2D eigenvalue weighted by molar-refractivity contribution is 5.84. The Bertz CT molecular complexity index is 474. The van der Waals surface area contributed by atoms with Crippen molar-refractivity contribution in [1.82, 2.24) is 4.57 Å². The molecule has 3 nitrogen and oxygen atoms in total. The maximum absolute atomic E-state index is 9.23. The van der Waals surface area contributed by atoms with E-state index in [1.807, 2.05) is 18.3 Å². The second-order valence-electron chi connectivity index (χ2n) is 3.65. The van der Waals surface area contributed by atoms with E-state index >= 15 is 0 Å². The number of benzene rings is 1. The number of hydrogen-bond acceptors (Lipinski definition) is 2. The summed E-state index contributed by atoms with van der Waals surface area (Å²) < 4.78 is 2.14. The van der Waals surface area contributed by atoms with Crippen molar-refractivity contribution in [3.63, 3.8) is 0 Å². The number of fused-ring (bicyclic) bond motifs is 1. The van der Waals surface area contributed by atoms with E-state index < -0.39 is 0 Å². The molecule has 0 bridgehead atoms. The summed E-state index contributed by atoms with van der Waals surface area (Å²) >= 11 is 0. The maximum atomic E-state index is 9.23. The number of aliphatic hydroxyl groups is 1. The van der Waals surface area contributed by atoms with Gasteiger partial charge in [-0.25, -0.2) is 0 Å². The van der Waals surface area contributed by atoms with Gasteiger partial charge >= 0.3 is 0 Å². The molecule has 2 rings (SSSR count). The van der Waals surface area contributed by atoms with Crippen LogP contribution >= 0.6 is 0 Å². The number of hydrogen-bond donors (Lipinski definition) is 2. The predicted octanol–water partition coefficient (Wildman–Crippen LogP) is 1.61. The van der Waals surface area contributed by atoms with Crippen LogP contribution in [0, 0.1) is 0 Å². The minimum Gasteiger partial charge on any atom is -0.392 e. The summed E-state index contributed by atoms with van der Waals surface area (Å²) in [4.78, 5) is 0. The van der Waals surface area contributed by atoms with Crippen molar-refractivity contribution >= 4 is 10.9 Å². The van der Waals surface area contributed by atoms with Gasteiger partial charge in [0.25, 0.3) is 0 Å². The highest BCUT2D eigenvalue weighted by atomic mass is 16.3. The molecule has 80 valence electrons. The van der Waals surface area contributed by atoms with E-state index in [0.717, 1.165) is 28.6 Å². The van der Waals surface area contributed by atoms with E-state index in [2.05, 4.69) is 17.6 Å². The summed E-state index contributed by atoms with van der Waals surface area (Å²) in [6, 6.07) is 6.15. The first-order valence-electron chi connectivity index (χ1n) is 5.21. The molecule has 1 aromatic heterocycles. The summed E-state index contributed by atoms with van der Waals surface area (Å²) in [5, 5.41) is 10.4. The Morgan fingerprint density at radius 2 is 2.20 bits per heavy atom. The fraction of sp³-hybridized carbons (Fsp3) is 0.333. The Balaban J connectivity index is 2.68. The van der Waals surface area contributed by atoms with Crippen LogP contribution in [0.2, 0.25) is 0 Å². The van der Waals surface area contributed by atoms with Gasteiger partial charge in [-0.2, -0.15) is 0 Å². The van der Waals surface area contributed by atoms with Crippen LogP contribution in [0.3, 0.4) is 0 Å². The van der Waals surface area contributed by atoms with Crippen LogP contribution in [0.15, 0.2) is 24.4 Å². The maximum Gasteiger partial charge on any atom is 0.0702 e. The van der Waals surface area contributed by atoms with Gasteiger partial charge in [-0.05, 0) is 18.6 Å². The molecule has 0 aliphatic rings. The number of aromatic nitrogens is 1. The second kappa shape index (κ2) is 4.04. The molecule has 0 aliphatic carbocycles. The summed E-state index contributed by atoms with van der Waals surface area (Å²) in [6.07, 6.45) is 2.00. The SMILES string of the molecule is CCn1cc(CO)c2ccc(CN)cc21. The first-order chi connectivity index (χ1) is 7.30. The number of aliphatic hydroxyl groups excluding tert-OH is 1. The van der Waals surface area contributed by atoms with Gasteiger partial charge in [0.1, 0.15) is 0 Å². The molecular formula is C12H16N2O. The van der Waals surface area contributed by atoms with Gasteiger partial charge in [-0.3, -0.25) is 0 Å². The lowest BCUT2D eigenvalue weighted by molar-refractivity contribution is 0.283. The Morgan fingerprint density at radius 1 is 1.40 bits per heavy atom. The van der Waals surface area contributed by atoms with Crippen LogP contribution in [0.4, 0.5) is 0 Å². The molecule has 0 saturated carbocycles. The zero-order valence-electron chi connectivity index (χ0n) is 8.90. The van der Waals surface area contributed by atoms with Crippen LogP contribution < -0.4 is 5.73 Å². The van der Waals surface area contributed by atoms with Gasteiger partial charge in [0, 0.05) is 35.8 Å². The van der Waals surface area contributed by atoms with E-state index in [1.54, 1.807) is 0 Å². The zero-order valence-corrected chi connectivity index (χ0v) is 8.90. The van der Waals surface area contributed by atoms with Crippen molar-refractivity contribution < 1.29 is 5.11 Å². The average molecular weight is 204 g/mol. The molecule has 0 spiro atoms. The molecule has 0 fully saturated rings. The lowest BCUT2D eigenvalue weighted by Gasteiger charge is -2.02. The largest absolute Gasteiger partial charge is 0.392 e. The molecule has 0 unspecified atom stereocenters. The molecular weight excluding hydrogens is 188 g/mol. The standard InChI is InChI=1S/C12H16N2O/c1-2-14-7-10(8-15)11-4-3-9(6-13)5-12(11)14/h3-5,7,15H,2,6,8,13H2,1H3. The van der Waals surface area contributed by atoms with Gasteiger partial charge in [0.05, 0.1) is 6.61 Å². The Hall–Kier alpha value is -1.32. The van der Waals surface area contributed by atoms with Crippen LogP contribution in [-0.2, 0) is 19.7 Å². The molecule has 2 aromatic rings.